The minimum Gasteiger partial charge on any atom is -0.303 e. The highest BCUT2D eigenvalue weighted by Crippen LogP contribution is 2.22. The zero-order valence-electron chi connectivity index (χ0n) is 9.98. The fourth-order valence-electron chi connectivity index (χ4n) is 1.84. The molecule has 0 aliphatic carbocycles. The first-order chi connectivity index (χ1) is 8.16. The second kappa shape index (κ2) is 5.43. The van der Waals surface area contributed by atoms with E-state index in [2.05, 4.69) is 36.7 Å². The molecule has 2 rings (SSSR count). The van der Waals surface area contributed by atoms with Gasteiger partial charge in [0.1, 0.15) is 5.82 Å². The van der Waals surface area contributed by atoms with E-state index in [-0.39, 0.29) is 11.9 Å². The number of benzene rings is 1. The number of halogens is 1. The van der Waals surface area contributed by atoms with Crippen LogP contribution in [0, 0.1) is 5.82 Å². The third-order valence-electron chi connectivity index (χ3n) is 2.84. The third-order valence-corrected chi connectivity index (χ3v) is 3.89. The molecule has 1 nitrogen and oxygen atoms in total. The summed E-state index contributed by atoms with van der Waals surface area (Å²) in [5, 5.41) is 5.59. The lowest BCUT2D eigenvalue weighted by Crippen LogP contribution is -2.21. The van der Waals surface area contributed by atoms with Crippen LogP contribution in [0.1, 0.15) is 36.4 Å². The van der Waals surface area contributed by atoms with Crippen molar-refractivity contribution >= 4 is 11.3 Å². The van der Waals surface area contributed by atoms with Crippen molar-refractivity contribution in [2.24, 2.45) is 0 Å². The molecule has 1 N–H and O–H groups in total. The molecule has 17 heavy (non-hydrogen) atoms. The van der Waals surface area contributed by atoms with Crippen molar-refractivity contribution in [2.75, 3.05) is 0 Å². The Kier molecular flexibility index (Phi) is 3.92. The molecule has 0 aliphatic heterocycles. The smallest absolute Gasteiger partial charge is 0.123 e. The Balaban J connectivity index is 2.01. The molecule has 0 saturated carbocycles. The summed E-state index contributed by atoms with van der Waals surface area (Å²) in [7, 11) is 0. The first-order valence-electron chi connectivity index (χ1n) is 5.71. The number of nitrogens with one attached hydrogen (secondary N) is 1. The molecule has 0 aliphatic rings. The van der Waals surface area contributed by atoms with E-state index >= 15 is 0 Å². The van der Waals surface area contributed by atoms with Gasteiger partial charge in [0, 0.05) is 17.0 Å². The Morgan fingerprint density at radius 3 is 2.35 bits per heavy atom. The van der Waals surface area contributed by atoms with Gasteiger partial charge in [0.15, 0.2) is 0 Å². The van der Waals surface area contributed by atoms with Crippen LogP contribution in [0.4, 0.5) is 4.39 Å². The predicted octanol–water partition coefficient (Wildman–Crippen LogP) is 4.30. The summed E-state index contributed by atoms with van der Waals surface area (Å²) >= 11 is 1.75. The summed E-state index contributed by atoms with van der Waals surface area (Å²) in [6.07, 6.45) is 0. The van der Waals surface area contributed by atoms with E-state index in [0.29, 0.717) is 6.04 Å². The van der Waals surface area contributed by atoms with Crippen molar-refractivity contribution in [1.29, 1.82) is 0 Å². The van der Waals surface area contributed by atoms with Gasteiger partial charge >= 0.3 is 0 Å². The van der Waals surface area contributed by atoms with Gasteiger partial charge in [-0.05, 0) is 43.0 Å². The van der Waals surface area contributed by atoms with Crippen LogP contribution < -0.4 is 5.32 Å². The van der Waals surface area contributed by atoms with E-state index in [9.17, 15) is 4.39 Å². The van der Waals surface area contributed by atoms with Gasteiger partial charge in [0.05, 0.1) is 0 Å². The molecule has 0 spiro atoms. The quantitative estimate of drug-likeness (QED) is 0.852. The van der Waals surface area contributed by atoms with E-state index in [0.717, 1.165) is 5.56 Å². The first-order valence-corrected chi connectivity index (χ1v) is 6.59. The lowest BCUT2D eigenvalue weighted by Gasteiger charge is -2.19. The summed E-state index contributed by atoms with van der Waals surface area (Å²) in [6, 6.07) is 11.4. The highest BCUT2D eigenvalue weighted by molar-refractivity contribution is 7.10. The van der Waals surface area contributed by atoms with Crippen molar-refractivity contribution in [2.45, 2.75) is 25.9 Å². The Morgan fingerprint density at radius 2 is 1.76 bits per heavy atom. The number of thiophene rings is 1. The Bertz CT molecular complexity index is 450. The zero-order valence-corrected chi connectivity index (χ0v) is 10.8. The normalized spacial score (nSPS) is 14.5. The maximum Gasteiger partial charge on any atom is 0.123 e. The van der Waals surface area contributed by atoms with Gasteiger partial charge in [-0.25, -0.2) is 4.39 Å². The molecule has 0 saturated heterocycles. The van der Waals surface area contributed by atoms with E-state index < -0.39 is 0 Å². The standard InChI is InChI=1S/C14H16FNS/c1-10(12-5-7-13(15)8-6-12)16-11(2)14-4-3-9-17-14/h3-11,16H,1-2H3. The fourth-order valence-corrected chi connectivity index (χ4v) is 2.59. The second-order valence-corrected chi connectivity index (χ2v) is 5.16. The number of hydrogen-bond acceptors (Lipinski definition) is 2. The Hall–Kier alpha value is -1.19. The maximum atomic E-state index is 12.8. The molecule has 2 unspecified atom stereocenters. The van der Waals surface area contributed by atoms with Gasteiger partial charge in [-0.3, -0.25) is 0 Å². The highest BCUT2D eigenvalue weighted by Gasteiger charge is 2.11. The molecule has 0 amide bonds. The molecule has 0 radical (unpaired) electrons. The van der Waals surface area contributed by atoms with E-state index in [1.807, 2.05) is 12.1 Å². The monoisotopic (exact) mass is 249 g/mol. The molecule has 2 atom stereocenters. The number of hydrogen-bond donors (Lipinski definition) is 1. The van der Waals surface area contributed by atoms with Gasteiger partial charge in [-0.2, -0.15) is 0 Å². The largest absolute Gasteiger partial charge is 0.303 e. The SMILES string of the molecule is CC(NC(C)c1cccs1)c1ccc(F)cc1. The van der Waals surface area contributed by atoms with Gasteiger partial charge in [0.25, 0.3) is 0 Å². The van der Waals surface area contributed by atoms with Crippen molar-refractivity contribution in [3.05, 3.63) is 58.0 Å². The van der Waals surface area contributed by atoms with Crippen molar-refractivity contribution in [3.63, 3.8) is 0 Å². The molecule has 2 aromatic rings. The lowest BCUT2D eigenvalue weighted by molar-refractivity contribution is 0.499. The summed E-state index contributed by atoms with van der Waals surface area (Å²) < 4.78 is 12.8. The Labute approximate surface area is 105 Å². The van der Waals surface area contributed by atoms with Crippen LogP contribution in [-0.4, -0.2) is 0 Å². The predicted molar refractivity (Wildman–Crippen MR) is 70.7 cm³/mol. The number of rotatable bonds is 4. The molecule has 0 bridgehead atoms. The molecule has 0 fully saturated rings. The highest BCUT2D eigenvalue weighted by atomic mass is 32.1. The molecule has 1 aromatic carbocycles. The molecule has 3 heteroatoms. The van der Waals surface area contributed by atoms with Crippen LogP contribution in [-0.2, 0) is 0 Å². The second-order valence-electron chi connectivity index (χ2n) is 4.18. The third kappa shape index (κ3) is 3.14. The average Bonchev–Trinajstić information content (AvgIpc) is 2.83. The average molecular weight is 249 g/mol. The Morgan fingerprint density at radius 1 is 1.06 bits per heavy atom. The van der Waals surface area contributed by atoms with Gasteiger partial charge in [0.2, 0.25) is 0 Å². The lowest BCUT2D eigenvalue weighted by atomic mass is 10.1. The van der Waals surface area contributed by atoms with E-state index in [1.165, 1.54) is 17.0 Å². The van der Waals surface area contributed by atoms with Crippen LogP contribution in [0.5, 0.6) is 0 Å². The zero-order chi connectivity index (χ0) is 12.3. The molecular weight excluding hydrogens is 233 g/mol. The summed E-state index contributed by atoms with van der Waals surface area (Å²) in [4.78, 5) is 1.32. The van der Waals surface area contributed by atoms with Crippen molar-refractivity contribution in [3.8, 4) is 0 Å². The van der Waals surface area contributed by atoms with Crippen LogP contribution in [0.15, 0.2) is 41.8 Å². The van der Waals surface area contributed by atoms with Gasteiger partial charge in [-0.15, -0.1) is 11.3 Å². The molecule has 90 valence electrons. The van der Waals surface area contributed by atoms with Crippen LogP contribution in [0.25, 0.3) is 0 Å². The van der Waals surface area contributed by atoms with Crippen LogP contribution in [0.3, 0.4) is 0 Å². The maximum absolute atomic E-state index is 12.8. The van der Waals surface area contributed by atoms with E-state index in [1.54, 1.807) is 11.3 Å². The van der Waals surface area contributed by atoms with Gasteiger partial charge in [-0.1, -0.05) is 18.2 Å². The molecule has 1 heterocycles. The topological polar surface area (TPSA) is 12.0 Å². The van der Waals surface area contributed by atoms with Crippen LogP contribution in [0.2, 0.25) is 0 Å². The van der Waals surface area contributed by atoms with Crippen molar-refractivity contribution in [1.82, 2.24) is 5.32 Å². The van der Waals surface area contributed by atoms with E-state index in [4.69, 9.17) is 0 Å². The fraction of sp³-hybridized carbons (Fsp3) is 0.286. The van der Waals surface area contributed by atoms with Crippen molar-refractivity contribution < 1.29 is 4.39 Å². The molecular formula is C14H16FNS. The summed E-state index contributed by atoms with van der Waals surface area (Å²) in [5.74, 6) is -0.188. The van der Waals surface area contributed by atoms with Crippen LogP contribution >= 0.6 is 11.3 Å². The minimum absolute atomic E-state index is 0.188. The minimum atomic E-state index is -0.188. The summed E-state index contributed by atoms with van der Waals surface area (Å²) in [5.41, 5.74) is 1.11. The molecule has 1 aromatic heterocycles. The van der Waals surface area contributed by atoms with Gasteiger partial charge < -0.3 is 5.32 Å². The first kappa shape index (κ1) is 12.3. The summed E-state index contributed by atoms with van der Waals surface area (Å²) in [6.45, 7) is 4.24.